The van der Waals surface area contributed by atoms with Gasteiger partial charge in [-0.25, -0.2) is 0 Å². The van der Waals surface area contributed by atoms with Crippen LogP contribution < -0.4 is 5.32 Å². The Labute approximate surface area is 112 Å². The van der Waals surface area contributed by atoms with Crippen LogP contribution in [0.5, 0.6) is 0 Å². The Balaban J connectivity index is 2.17. The van der Waals surface area contributed by atoms with Crippen molar-refractivity contribution < 1.29 is 0 Å². The molecule has 1 N–H and O–H groups in total. The molecule has 0 unspecified atom stereocenters. The van der Waals surface area contributed by atoms with Crippen LogP contribution in [0.1, 0.15) is 22.3 Å². The number of aryl methyl sites for hydroxylation is 1. The average molecular weight is 247 g/mol. The molecule has 0 bridgehead atoms. The van der Waals surface area contributed by atoms with E-state index in [9.17, 15) is 0 Å². The van der Waals surface area contributed by atoms with Crippen molar-refractivity contribution in [2.75, 3.05) is 5.32 Å². The largest absolute Gasteiger partial charge is 0.380 e. The normalized spacial score (nSPS) is 9.42. The molecule has 92 valence electrons. The molecule has 2 aromatic rings. The molecule has 0 amide bonds. The maximum atomic E-state index is 9.06. The number of anilines is 1. The van der Waals surface area contributed by atoms with E-state index < -0.39 is 0 Å². The van der Waals surface area contributed by atoms with Crippen molar-refractivity contribution in [2.45, 2.75) is 13.5 Å². The Morgan fingerprint density at radius 1 is 1.05 bits per heavy atom. The molecular formula is C16H13N3. The van der Waals surface area contributed by atoms with Crippen LogP contribution in [0.2, 0.25) is 0 Å². The van der Waals surface area contributed by atoms with Gasteiger partial charge >= 0.3 is 0 Å². The van der Waals surface area contributed by atoms with Gasteiger partial charge in [0.15, 0.2) is 0 Å². The van der Waals surface area contributed by atoms with Crippen LogP contribution in [0.15, 0.2) is 42.5 Å². The lowest BCUT2D eigenvalue weighted by molar-refractivity contribution is 1.14. The standard InChI is InChI=1S/C16H13N3/c1-12-5-6-15(10-18)16(7-12)19-11-14-4-2-3-13(8-14)9-17/h2-8,19H,11H2,1H3. The maximum absolute atomic E-state index is 9.06. The molecule has 3 heteroatoms. The molecule has 0 aliphatic heterocycles. The van der Waals surface area contributed by atoms with Crippen LogP contribution >= 0.6 is 0 Å². The first-order valence-corrected chi connectivity index (χ1v) is 5.96. The SMILES string of the molecule is Cc1ccc(C#N)c(NCc2cccc(C#N)c2)c1. The van der Waals surface area contributed by atoms with Crippen molar-refractivity contribution in [1.29, 1.82) is 10.5 Å². The number of nitrogens with one attached hydrogen (secondary N) is 1. The second kappa shape index (κ2) is 5.71. The van der Waals surface area contributed by atoms with Gasteiger partial charge < -0.3 is 5.32 Å². The van der Waals surface area contributed by atoms with E-state index >= 15 is 0 Å². The zero-order valence-corrected chi connectivity index (χ0v) is 10.6. The van der Waals surface area contributed by atoms with Crippen molar-refractivity contribution in [3.63, 3.8) is 0 Å². The third-order valence-electron chi connectivity index (χ3n) is 2.83. The highest BCUT2D eigenvalue weighted by molar-refractivity contribution is 5.59. The van der Waals surface area contributed by atoms with E-state index in [0.717, 1.165) is 16.8 Å². The summed E-state index contributed by atoms with van der Waals surface area (Å²) >= 11 is 0. The van der Waals surface area contributed by atoms with E-state index in [1.807, 2.05) is 43.3 Å². The second-order valence-corrected chi connectivity index (χ2v) is 4.33. The van der Waals surface area contributed by atoms with Gasteiger partial charge in [-0.1, -0.05) is 18.2 Å². The summed E-state index contributed by atoms with van der Waals surface area (Å²) in [6.45, 7) is 2.58. The number of benzene rings is 2. The van der Waals surface area contributed by atoms with E-state index in [1.54, 1.807) is 6.07 Å². The summed E-state index contributed by atoms with van der Waals surface area (Å²) in [5.41, 5.74) is 4.22. The smallest absolute Gasteiger partial charge is 0.101 e. The van der Waals surface area contributed by atoms with Gasteiger partial charge in [0, 0.05) is 6.54 Å². The number of hydrogen-bond acceptors (Lipinski definition) is 3. The highest BCUT2D eigenvalue weighted by Gasteiger charge is 2.02. The average Bonchev–Trinajstić information content (AvgIpc) is 2.45. The number of nitriles is 2. The maximum Gasteiger partial charge on any atom is 0.101 e. The molecule has 0 saturated heterocycles. The predicted octanol–water partition coefficient (Wildman–Crippen LogP) is 3.35. The first kappa shape index (κ1) is 12.7. The monoisotopic (exact) mass is 247 g/mol. The Morgan fingerprint density at radius 2 is 1.89 bits per heavy atom. The van der Waals surface area contributed by atoms with Gasteiger partial charge in [0.2, 0.25) is 0 Å². The van der Waals surface area contributed by atoms with Crippen molar-refractivity contribution in [2.24, 2.45) is 0 Å². The molecule has 3 nitrogen and oxygen atoms in total. The van der Waals surface area contributed by atoms with Crippen LogP contribution in [0, 0.1) is 29.6 Å². The van der Waals surface area contributed by atoms with Gasteiger partial charge in [-0.15, -0.1) is 0 Å². The van der Waals surface area contributed by atoms with E-state index in [2.05, 4.69) is 17.5 Å². The minimum Gasteiger partial charge on any atom is -0.380 e. The molecule has 0 saturated carbocycles. The first-order valence-electron chi connectivity index (χ1n) is 5.96. The lowest BCUT2D eigenvalue weighted by atomic mass is 10.1. The minimum atomic E-state index is 0.591. The number of hydrogen-bond donors (Lipinski definition) is 1. The Hall–Kier alpha value is -2.78. The molecule has 0 fully saturated rings. The minimum absolute atomic E-state index is 0.591. The zero-order valence-electron chi connectivity index (χ0n) is 10.6. The van der Waals surface area contributed by atoms with Crippen LogP contribution in [-0.4, -0.2) is 0 Å². The summed E-state index contributed by atoms with van der Waals surface area (Å²) in [5.74, 6) is 0. The third-order valence-corrected chi connectivity index (χ3v) is 2.83. The van der Waals surface area contributed by atoms with Crippen molar-refractivity contribution in [1.82, 2.24) is 0 Å². The molecule has 0 atom stereocenters. The summed E-state index contributed by atoms with van der Waals surface area (Å²) in [6, 6.07) is 17.4. The van der Waals surface area contributed by atoms with Gasteiger partial charge in [0.1, 0.15) is 6.07 Å². The van der Waals surface area contributed by atoms with E-state index in [1.165, 1.54) is 0 Å². The molecule has 0 spiro atoms. The fraction of sp³-hybridized carbons (Fsp3) is 0.125. The lowest BCUT2D eigenvalue weighted by Gasteiger charge is -2.09. The second-order valence-electron chi connectivity index (χ2n) is 4.33. The van der Waals surface area contributed by atoms with E-state index in [-0.39, 0.29) is 0 Å². The van der Waals surface area contributed by atoms with Gasteiger partial charge in [-0.05, 0) is 42.3 Å². The van der Waals surface area contributed by atoms with Crippen LogP contribution in [0.4, 0.5) is 5.69 Å². The predicted molar refractivity (Wildman–Crippen MR) is 74.4 cm³/mol. The summed E-state index contributed by atoms with van der Waals surface area (Å²) in [5, 5.41) is 21.1. The molecule has 2 aromatic carbocycles. The van der Waals surface area contributed by atoms with Crippen LogP contribution in [0.25, 0.3) is 0 Å². The van der Waals surface area contributed by atoms with E-state index in [4.69, 9.17) is 10.5 Å². The summed E-state index contributed by atoms with van der Waals surface area (Å²) in [6.07, 6.45) is 0. The van der Waals surface area contributed by atoms with Gasteiger partial charge in [0.25, 0.3) is 0 Å². The fourth-order valence-corrected chi connectivity index (χ4v) is 1.85. The molecular weight excluding hydrogens is 234 g/mol. The van der Waals surface area contributed by atoms with Crippen molar-refractivity contribution in [3.8, 4) is 12.1 Å². The third kappa shape index (κ3) is 3.12. The van der Waals surface area contributed by atoms with Crippen molar-refractivity contribution in [3.05, 3.63) is 64.7 Å². The molecule has 19 heavy (non-hydrogen) atoms. The number of nitrogens with zero attached hydrogens (tertiary/aromatic N) is 2. The Morgan fingerprint density at radius 3 is 2.63 bits per heavy atom. The summed E-state index contributed by atoms with van der Waals surface area (Å²) in [7, 11) is 0. The fourth-order valence-electron chi connectivity index (χ4n) is 1.85. The highest BCUT2D eigenvalue weighted by Crippen LogP contribution is 2.17. The molecule has 0 aromatic heterocycles. The number of rotatable bonds is 3. The summed E-state index contributed by atoms with van der Waals surface area (Å²) < 4.78 is 0. The van der Waals surface area contributed by atoms with E-state index in [0.29, 0.717) is 17.7 Å². The first-order chi connectivity index (χ1) is 9.22. The lowest BCUT2D eigenvalue weighted by Crippen LogP contribution is -2.01. The van der Waals surface area contributed by atoms with Gasteiger partial charge in [-0.3, -0.25) is 0 Å². The Kier molecular flexibility index (Phi) is 3.81. The quantitative estimate of drug-likeness (QED) is 0.904. The van der Waals surface area contributed by atoms with Crippen LogP contribution in [0.3, 0.4) is 0 Å². The highest BCUT2D eigenvalue weighted by atomic mass is 14.9. The van der Waals surface area contributed by atoms with Gasteiger partial charge in [0.05, 0.1) is 22.9 Å². The zero-order chi connectivity index (χ0) is 13.7. The van der Waals surface area contributed by atoms with Crippen molar-refractivity contribution >= 4 is 5.69 Å². The molecule has 0 radical (unpaired) electrons. The van der Waals surface area contributed by atoms with Gasteiger partial charge in [-0.2, -0.15) is 10.5 Å². The molecule has 2 rings (SSSR count). The molecule has 0 heterocycles. The molecule has 0 aliphatic carbocycles. The van der Waals surface area contributed by atoms with Crippen LogP contribution in [-0.2, 0) is 6.54 Å². The Bertz CT molecular complexity index is 675. The summed E-state index contributed by atoms with van der Waals surface area (Å²) in [4.78, 5) is 0. The topological polar surface area (TPSA) is 59.6 Å². The molecule has 0 aliphatic rings.